The first-order valence-electron chi connectivity index (χ1n) is 10.5. The van der Waals surface area contributed by atoms with Crippen LogP contribution in [0, 0.1) is 11.3 Å². The Bertz CT molecular complexity index is 1320. The van der Waals surface area contributed by atoms with Crippen LogP contribution < -0.4 is 14.8 Å². The van der Waals surface area contributed by atoms with E-state index in [2.05, 4.69) is 16.4 Å². The summed E-state index contributed by atoms with van der Waals surface area (Å²) < 4.78 is 11.5. The van der Waals surface area contributed by atoms with Gasteiger partial charge in [-0.15, -0.1) is 0 Å². The van der Waals surface area contributed by atoms with Crippen LogP contribution in [0.4, 0.5) is 11.4 Å². The normalized spacial score (nSPS) is 10.6. The highest BCUT2D eigenvalue weighted by Crippen LogP contribution is 2.39. The number of anilines is 2. The number of hydrogen-bond donors (Lipinski definition) is 1. The van der Waals surface area contributed by atoms with Gasteiger partial charge in [0.25, 0.3) is 0 Å². The van der Waals surface area contributed by atoms with Crippen LogP contribution in [0.3, 0.4) is 0 Å². The number of halogens is 1. The van der Waals surface area contributed by atoms with Crippen molar-refractivity contribution in [1.82, 2.24) is 4.98 Å². The summed E-state index contributed by atoms with van der Waals surface area (Å²) in [6, 6.07) is 21.8. The summed E-state index contributed by atoms with van der Waals surface area (Å²) in [5, 5.41) is 14.5. The number of rotatable bonds is 8. The summed E-state index contributed by atoms with van der Waals surface area (Å²) in [5.74, 6) is 1.24. The fourth-order valence-electron chi connectivity index (χ4n) is 3.38. The van der Waals surface area contributed by atoms with Gasteiger partial charge in [0.1, 0.15) is 6.07 Å². The molecule has 7 heteroatoms. The molecule has 0 unspecified atom stereocenters. The lowest BCUT2D eigenvalue weighted by molar-refractivity contribution is 0.288. The molecule has 1 aromatic heterocycles. The highest BCUT2D eigenvalue weighted by atomic mass is 35.5. The van der Waals surface area contributed by atoms with Crippen molar-refractivity contribution in [3.63, 3.8) is 0 Å². The molecular formula is C26H22ClN3O2S. The maximum Gasteiger partial charge on any atom is 0.163 e. The largest absolute Gasteiger partial charge is 0.490 e. The first-order chi connectivity index (χ1) is 16.1. The Labute approximate surface area is 202 Å². The maximum absolute atomic E-state index is 9.71. The molecule has 1 heterocycles. The molecule has 0 fully saturated rings. The number of fused-ring (bicyclic) bond motifs is 1. The van der Waals surface area contributed by atoms with Crippen LogP contribution in [0.2, 0.25) is 5.02 Å². The van der Waals surface area contributed by atoms with Crippen LogP contribution in [-0.4, -0.2) is 18.2 Å². The standard InChI is InChI=1S/C26H22ClN3O2S/c1-3-31-23-13-20-22(14-24(23)32-4-2)29-16-17(15-28)26(20)30-18-10-11-25(21(27)12-18)33-19-8-6-5-7-9-19/h5-14,16H,3-4H2,1-2H3,(H,29,30). The van der Waals surface area contributed by atoms with Crippen molar-refractivity contribution in [3.8, 4) is 17.6 Å². The number of hydrogen-bond acceptors (Lipinski definition) is 6. The van der Waals surface area contributed by atoms with Crippen LogP contribution >= 0.6 is 23.4 Å². The average Bonchev–Trinajstić information content (AvgIpc) is 2.82. The third kappa shape index (κ3) is 5.16. The second-order valence-electron chi connectivity index (χ2n) is 7.03. The molecule has 33 heavy (non-hydrogen) atoms. The fraction of sp³-hybridized carbons (Fsp3) is 0.154. The molecule has 0 bridgehead atoms. The summed E-state index contributed by atoms with van der Waals surface area (Å²) in [6.45, 7) is 4.84. The average molecular weight is 476 g/mol. The van der Waals surface area contributed by atoms with Gasteiger partial charge in [0.2, 0.25) is 0 Å². The van der Waals surface area contributed by atoms with Gasteiger partial charge in [-0.3, -0.25) is 4.98 Å². The molecule has 0 radical (unpaired) electrons. The summed E-state index contributed by atoms with van der Waals surface area (Å²) in [6.07, 6.45) is 1.56. The van der Waals surface area contributed by atoms with Crippen molar-refractivity contribution >= 4 is 45.6 Å². The monoisotopic (exact) mass is 475 g/mol. The molecule has 0 saturated carbocycles. The molecule has 0 atom stereocenters. The molecule has 0 saturated heterocycles. The zero-order chi connectivity index (χ0) is 23.2. The molecule has 0 aliphatic heterocycles. The molecule has 0 aliphatic carbocycles. The number of nitrogens with zero attached hydrogens (tertiary/aromatic N) is 2. The van der Waals surface area contributed by atoms with E-state index in [0.717, 1.165) is 20.9 Å². The second-order valence-corrected chi connectivity index (χ2v) is 8.55. The fourth-order valence-corrected chi connectivity index (χ4v) is 4.51. The first kappa shape index (κ1) is 22.8. The molecule has 0 aliphatic rings. The van der Waals surface area contributed by atoms with Crippen LogP contribution in [0.25, 0.3) is 10.9 Å². The topological polar surface area (TPSA) is 67.2 Å². The molecule has 0 spiro atoms. The van der Waals surface area contributed by atoms with E-state index in [1.54, 1.807) is 18.0 Å². The molecule has 166 valence electrons. The van der Waals surface area contributed by atoms with E-state index in [0.29, 0.717) is 46.5 Å². The lowest BCUT2D eigenvalue weighted by Gasteiger charge is -2.16. The Morgan fingerprint density at radius 1 is 1.00 bits per heavy atom. The zero-order valence-corrected chi connectivity index (χ0v) is 19.8. The van der Waals surface area contributed by atoms with Gasteiger partial charge in [0.15, 0.2) is 11.5 Å². The third-order valence-electron chi connectivity index (χ3n) is 4.83. The Morgan fingerprint density at radius 2 is 1.73 bits per heavy atom. The summed E-state index contributed by atoms with van der Waals surface area (Å²) in [4.78, 5) is 6.51. The van der Waals surface area contributed by atoms with Gasteiger partial charge >= 0.3 is 0 Å². The molecule has 4 aromatic rings. The summed E-state index contributed by atoms with van der Waals surface area (Å²) >= 11 is 8.19. The first-order valence-corrected chi connectivity index (χ1v) is 11.7. The minimum absolute atomic E-state index is 0.424. The highest BCUT2D eigenvalue weighted by molar-refractivity contribution is 7.99. The van der Waals surface area contributed by atoms with Gasteiger partial charge in [-0.1, -0.05) is 41.6 Å². The van der Waals surface area contributed by atoms with E-state index >= 15 is 0 Å². The number of nitriles is 1. The van der Waals surface area contributed by atoms with Crippen molar-refractivity contribution in [2.45, 2.75) is 23.6 Å². The smallest absolute Gasteiger partial charge is 0.163 e. The molecular weight excluding hydrogens is 454 g/mol. The Hall–Kier alpha value is -3.40. The molecule has 5 nitrogen and oxygen atoms in total. The van der Waals surface area contributed by atoms with Gasteiger partial charge < -0.3 is 14.8 Å². The van der Waals surface area contributed by atoms with E-state index in [1.807, 2.05) is 74.5 Å². The lowest BCUT2D eigenvalue weighted by atomic mass is 10.1. The molecule has 1 N–H and O–H groups in total. The number of pyridine rings is 1. The minimum atomic E-state index is 0.424. The minimum Gasteiger partial charge on any atom is -0.490 e. The van der Waals surface area contributed by atoms with E-state index in [9.17, 15) is 5.26 Å². The Kier molecular flexibility index (Phi) is 7.23. The van der Waals surface area contributed by atoms with Crippen LogP contribution in [0.1, 0.15) is 19.4 Å². The van der Waals surface area contributed by atoms with E-state index in [1.165, 1.54) is 0 Å². The third-order valence-corrected chi connectivity index (χ3v) is 6.33. The van der Waals surface area contributed by atoms with Crippen molar-refractivity contribution in [2.24, 2.45) is 0 Å². The number of aromatic nitrogens is 1. The molecule has 0 amide bonds. The van der Waals surface area contributed by atoms with Crippen molar-refractivity contribution in [3.05, 3.63) is 77.4 Å². The molecule has 3 aromatic carbocycles. The van der Waals surface area contributed by atoms with Crippen molar-refractivity contribution < 1.29 is 9.47 Å². The van der Waals surface area contributed by atoms with E-state index < -0.39 is 0 Å². The Morgan fingerprint density at radius 3 is 2.39 bits per heavy atom. The van der Waals surface area contributed by atoms with Crippen LogP contribution in [0.5, 0.6) is 11.5 Å². The summed E-state index contributed by atoms with van der Waals surface area (Å²) in [5.41, 5.74) is 2.54. The van der Waals surface area contributed by atoms with Crippen molar-refractivity contribution in [2.75, 3.05) is 18.5 Å². The molecule has 4 rings (SSSR count). The van der Waals surface area contributed by atoms with Gasteiger partial charge in [-0.05, 0) is 50.2 Å². The number of ether oxygens (including phenoxy) is 2. The number of benzene rings is 3. The zero-order valence-electron chi connectivity index (χ0n) is 18.3. The van der Waals surface area contributed by atoms with E-state index in [-0.39, 0.29) is 0 Å². The predicted molar refractivity (Wildman–Crippen MR) is 134 cm³/mol. The van der Waals surface area contributed by atoms with Crippen LogP contribution in [0.15, 0.2) is 76.7 Å². The van der Waals surface area contributed by atoms with Gasteiger partial charge in [0, 0.05) is 33.1 Å². The predicted octanol–water partition coefficient (Wildman–Crippen LogP) is 7.45. The summed E-state index contributed by atoms with van der Waals surface area (Å²) in [7, 11) is 0. The van der Waals surface area contributed by atoms with E-state index in [4.69, 9.17) is 21.1 Å². The van der Waals surface area contributed by atoms with Crippen LogP contribution in [-0.2, 0) is 0 Å². The quantitative estimate of drug-likeness (QED) is 0.285. The second kappa shape index (κ2) is 10.5. The number of nitrogens with one attached hydrogen (secondary N) is 1. The lowest BCUT2D eigenvalue weighted by Crippen LogP contribution is -2.01. The van der Waals surface area contributed by atoms with Crippen molar-refractivity contribution in [1.29, 1.82) is 5.26 Å². The Balaban J connectivity index is 1.72. The highest BCUT2D eigenvalue weighted by Gasteiger charge is 2.15. The van der Waals surface area contributed by atoms with Gasteiger partial charge in [-0.25, -0.2) is 0 Å². The van der Waals surface area contributed by atoms with Gasteiger partial charge in [-0.2, -0.15) is 5.26 Å². The SMILES string of the molecule is CCOc1cc2ncc(C#N)c(Nc3ccc(Sc4ccccc4)c(Cl)c3)c2cc1OCC. The van der Waals surface area contributed by atoms with Gasteiger partial charge in [0.05, 0.1) is 35.0 Å². The maximum atomic E-state index is 9.71.